The van der Waals surface area contributed by atoms with Crippen molar-refractivity contribution in [3.05, 3.63) is 0 Å². The molecule has 4 heteroatoms. The van der Waals surface area contributed by atoms with Crippen LogP contribution in [0.25, 0.3) is 0 Å². The van der Waals surface area contributed by atoms with Crippen LogP contribution in [0.5, 0.6) is 0 Å². The van der Waals surface area contributed by atoms with E-state index in [1.807, 2.05) is 4.90 Å². The number of rotatable bonds is 3. The first-order valence-electron chi connectivity index (χ1n) is 7.21. The van der Waals surface area contributed by atoms with Crippen molar-refractivity contribution in [2.45, 2.75) is 57.6 Å². The average molecular weight is 254 g/mol. The van der Waals surface area contributed by atoms with Crippen LogP contribution >= 0.6 is 0 Å². The Hall–Kier alpha value is -0.610. The number of nitrogens with zero attached hydrogens (tertiary/aromatic N) is 1. The van der Waals surface area contributed by atoms with Gasteiger partial charge in [-0.25, -0.2) is 0 Å². The molecule has 2 aliphatic rings. The fraction of sp³-hybridized carbons (Fsp3) is 0.929. The van der Waals surface area contributed by atoms with Gasteiger partial charge in [-0.3, -0.25) is 4.79 Å². The van der Waals surface area contributed by atoms with Crippen LogP contribution in [0.1, 0.15) is 46.0 Å². The third-order valence-corrected chi connectivity index (χ3v) is 4.12. The summed E-state index contributed by atoms with van der Waals surface area (Å²) in [6, 6.07) is -0.346. The van der Waals surface area contributed by atoms with Gasteiger partial charge in [-0.2, -0.15) is 0 Å². The van der Waals surface area contributed by atoms with E-state index in [1.165, 1.54) is 12.8 Å². The summed E-state index contributed by atoms with van der Waals surface area (Å²) in [6.07, 6.45) is 5.40. The zero-order valence-electron chi connectivity index (χ0n) is 11.7. The molecule has 0 aromatic rings. The van der Waals surface area contributed by atoms with Gasteiger partial charge in [0.1, 0.15) is 0 Å². The van der Waals surface area contributed by atoms with Crippen LogP contribution in [0, 0.1) is 5.92 Å². The van der Waals surface area contributed by atoms with Gasteiger partial charge in [0, 0.05) is 13.1 Å². The second kappa shape index (κ2) is 5.57. The molecule has 1 amide bonds. The summed E-state index contributed by atoms with van der Waals surface area (Å²) in [6.45, 7) is 6.32. The average Bonchev–Trinajstić information content (AvgIpc) is 2.75. The molecule has 1 atom stereocenters. The molecule has 1 saturated carbocycles. The van der Waals surface area contributed by atoms with E-state index >= 15 is 0 Å². The van der Waals surface area contributed by atoms with Gasteiger partial charge in [0.25, 0.3) is 0 Å². The highest BCUT2D eigenvalue weighted by molar-refractivity contribution is 5.81. The minimum Gasteiger partial charge on any atom is -0.371 e. The van der Waals surface area contributed by atoms with Gasteiger partial charge in [0.05, 0.1) is 18.2 Å². The zero-order valence-corrected chi connectivity index (χ0v) is 11.7. The predicted octanol–water partition coefficient (Wildman–Crippen LogP) is 1.53. The van der Waals surface area contributed by atoms with Crippen LogP contribution in [0.15, 0.2) is 0 Å². The number of nitrogens with two attached hydrogens (primary N) is 1. The van der Waals surface area contributed by atoms with Gasteiger partial charge >= 0.3 is 0 Å². The Morgan fingerprint density at radius 3 is 2.67 bits per heavy atom. The Balaban J connectivity index is 1.93. The first-order chi connectivity index (χ1) is 8.52. The molecule has 1 aliphatic heterocycles. The summed E-state index contributed by atoms with van der Waals surface area (Å²) in [5, 5.41) is 0. The van der Waals surface area contributed by atoms with Gasteiger partial charge in [0.15, 0.2) is 0 Å². The molecule has 1 aliphatic carbocycles. The van der Waals surface area contributed by atoms with Crippen molar-refractivity contribution in [1.82, 2.24) is 4.90 Å². The summed E-state index contributed by atoms with van der Waals surface area (Å²) >= 11 is 0. The molecule has 0 unspecified atom stereocenters. The summed E-state index contributed by atoms with van der Waals surface area (Å²) in [4.78, 5) is 14.3. The third-order valence-electron chi connectivity index (χ3n) is 4.12. The molecule has 2 N–H and O–H groups in total. The molecule has 104 valence electrons. The van der Waals surface area contributed by atoms with E-state index < -0.39 is 0 Å². The van der Waals surface area contributed by atoms with Crippen molar-refractivity contribution in [3.63, 3.8) is 0 Å². The van der Waals surface area contributed by atoms with E-state index in [2.05, 4.69) is 13.8 Å². The molecule has 18 heavy (non-hydrogen) atoms. The van der Waals surface area contributed by atoms with Crippen molar-refractivity contribution in [3.8, 4) is 0 Å². The fourth-order valence-electron chi connectivity index (χ4n) is 3.20. The van der Waals surface area contributed by atoms with Gasteiger partial charge in [-0.05, 0) is 25.2 Å². The largest absolute Gasteiger partial charge is 0.371 e. The molecule has 0 aromatic carbocycles. The highest BCUT2D eigenvalue weighted by Gasteiger charge is 2.41. The lowest BCUT2D eigenvalue weighted by atomic mass is 9.98. The number of carbonyl (C=O) groups excluding carboxylic acids is 1. The minimum absolute atomic E-state index is 0.0501. The maximum atomic E-state index is 12.3. The molecule has 2 fully saturated rings. The van der Waals surface area contributed by atoms with Crippen LogP contribution in [0.2, 0.25) is 0 Å². The Labute approximate surface area is 110 Å². The standard InChI is InChI=1S/C14H26N2O2/c1-11(2)9-12(15)13(17)16-7-8-18-14(10-16)5-3-4-6-14/h11-12H,3-10,15H2,1-2H3/t12-/m0/s1. The second-order valence-electron chi connectivity index (χ2n) is 6.23. The molecule has 0 bridgehead atoms. The molecular formula is C14H26N2O2. The highest BCUT2D eigenvalue weighted by atomic mass is 16.5. The fourth-order valence-corrected chi connectivity index (χ4v) is 3.20. The van der Waals surface area contributed by atoms with E-state index in [9.17, 15) is 4.79 Å². The maximum Gasteiger partial charge on any atom is 0.239 e. The van der Waals surface area contributed by atoms with E-state index in [1.54, 1.807) is 0 Å². The SMILES string of the molecule is CC(C)C[C@H](N)C(=O)N1CCOC2(CCCC2)C1. The molecular weight excluding hydrogens is 228 g/mol. The van der Waals surface area contributed by atoms with E-state index in [-0.39, 0.29) is 17.6 Å². The van der Waals surface area contributed by atoms with E-state index in [4.69, 9.17) is 10.5 Å². The molecule has 1 heterocycles. The Bertz CT molecular complexity index is 298. The second-order valence-corrected chi connectivity index (χ2v) is 6.23. The topological polar surface area (TPSA) is 55.6 Å². The van der Waals surface area contributed by atoms with Crippen LogP contribution < -0.4 is 5.73 Å². The highest BCUT2D eigenvalue weighted by Crippen LogP contribution is 2.35. The van der Waals surface area contributed by atoms with Gasteiger partial charge in [0.2, 0.25) is 5.91 Å². The van der Waals surface area contributed by atoms with E-state index in [0.717, 1.165) is 25.8 Å². The summed E-state index contributed by atoms with van der Waals surface area (Å²) in [5.74, 6) is 0.573. The molecule has 4 nitrogen and oxygen atoms in total. The molecule has 0 radical (unpaired) electrons. The summed E-state index contributed by atoms with van der Waals surface area (Å²) < 4.78 is 5.93. The lowest BCUT2D eigenvalue weighted by molar-refractivity contribution is -0.151. The van der Waals surface area contributed by atoms with Crippen molar-refractivity contribution in [2.75, 3.05) is 19.7 Å². The van der Waals surface area contributed by atoms with Crippen LogP contribution in [-0.2, 0) is 9.53 Å². The lowest BCUT2D eigenvalue weighted by Gasteiger charge is -2.41. The van der Waals surface area contributed by atoms with Crippen molar-refractivity contribution in [1.29, 1.82) is 0 Å². The molecule has 1 spiro atoms. The van der Waals surface area contributed by atoms with E-state index in [0.29, 0.717) is 19.1 Å². The maximum absolute atomic E-state index is 12.3. The Morgan fingerprint density at radius 2 is 2.06 bits per heavy atom. The molecule has 1 saturated heterocycles. The zero-order chi connectivity index (χ0) is 13.2. The van der Waals surface area contributed by atoms with Gasteiger partial charge < -0.3 is 15.4 Å². The lowest BCUT2D eigenvalue weighted by Crippen LogP contribution is -2.56. The van der Waals surface area contributed by atoms with Crippen molar-refractivity contribution < 1.29 is 9.53 Å². The summed E-state index contributed by atoms with van der Waals surface area (Å²) in [7, 11) is 0. The minimum atomic E-state index is -0.346. The number of hydrogen-bond acceptors (Lipinski definition) is 3. The number of morpholine rings is 1. The smallest absolute Gasteiger partial charge is 0.239 e. The third kappa shape index (κ3) is 3.04. The van der Waals surface area contributed by atoms with Crippen LogP contribution in [0.4, 0.5) is 0 Å². The van der Waals surface area contributed by atoms with Crippen LogP contribution in [0.3, 0.4) is 0 Å². The number of carbonyl (C=O) groups is 1. The monoisotopic (exact) mass is 254 g/mol. The number of amides is 1. The predicted molar refractivity (Wildman–Crippen MR) is 71.2 cm³/mol. The first kappa shape index (κ1) is 13.8. The quantitative estimate of drug-likeness (QED) is 0.831. The van der Waals surface area contributed by atoms with Crippen LogP contribution in [-0.4, -0.2) is 42.1 Å². The number of hydrogen-bond donors (Lipinski definition) is 1. The normalized spacial score (nSPS) is 24.8. The van der Waals surface area contributed by atoms with Crippen molar-refractivity contribution in [2.24, 2.45) is 11.7 Å². The van der Waals surface area contributed by atoms with Crippen molar-refractivity contribution >= 4 is 5.91 Å². The molecule has 2 rings (SSSR count). The molecule has 0 aromatic heterocycles. The van der Waals surface area contributed by atoms with Gasteiger partial charge in [-0.1, -0.05) is 26.7 Å². The number of ether oxygens (including phenoxy) is 1. The Morgan fingerprint density at radius 1 is 1.39 bits per heavy atom. The van der Waals surface area contributed by atoms with Gasteiger partial charge in [-0.15, -0.1) is 0 Å². The Kier molecular flexibility index (Phi) is 4.28. The first-order valence-corrected chi connectivity index (χ1v) is 7.21. The summed E-state index contributed by atoms with van der Waals surface area (Å²) in [5.41, 5.74) is 5.95.